The normalized spacial score (nSPS) is 12.5. The molecule has 0 aliphatic heterocycles. The lowest BCUT2D eigenvalue weighted by molar-refractivity contribution is -0.165. The minimum absolute atomic E-state index is 0.241. The van der Waals surface area contributed by atoms with Crippen molar-refractivity contribution in [2.75, 3.05) is 6.61 Å². The molecule has 268 valence electrons. The lowest BCUT2D eigenvalue weighted by Gasteiger charge is -2.39. The van der Waals surface area contributed by atoms with E-state index in [1.165, 1.54) is 11.1 Å². The number of esters is 2. The van der Waals surface area contributed by atoms with Crippen LogP contribution in [0.15, 0.2) is 68.0 Å². The number of ether oxygens (including phenoxy) is 4. The molecule has 0 unspecified atom stereocenters. The standard InChI is InChI=1S/C40H51Br3O6/c1-37(2,3)35(44)47-32-19-16-28(25-30(32)42)21-22-46-40(9,10)39(7,8)36(45)48-33-18-15-26(23-29(33)41)13-11-12-14-27-17-20-34(31(43)24-27)49-38(4,5)6/h15-20,23-25H,11-14,21-22H2,1-10H3. The predicted octanol–water partition coefficient (Wildman–Crippen LogP) is 11.6. The molecule has 3 rings (SSSR count). The molecule has 0 radical (unpaired) electrons. The SMILES string of the molecule is CC(C)(C)Oc1ccc(CCCCc2ccc(OC(=O)C(C)(C)C(C)(C)OCCc3ccc(OC(=O)C(C)(C)C)c(Br)c3)c(Br)c2)cc1Br. The molecule has 0 aromatic heterocycles. The average molecular weight is 868 g/mol. The van der Waals surface area contributed by atoms with Gasteiger partial charge in [0.2, 0.25) is 0 Å². The Balaban J connectivity index is 1.50. The molecule has 3 aromatic carbocycles. The van der Waals surface area contributed by atoms with Gasteiger partial charge in [-0.1, -0.05) is 18.2 Å². The number of hydrogen-bond donors (Lipinski definition) is 0. The summed E-state index contributed by atoms with van der Waals surface area (Å²) < 4.78 is 26.1. The van der Waals surface area contributed by atoms with Crippen LogP contribution in [-0.2, 0) is 33.6 Å². The number of carbonyl (C=O) groups excluding carboxylic acids is 2. The van der Waals surface area contributed by atoms with Crippen molar-refractivity contribution >= 4 is 59.7 Å². The van der Waals surface area contributed by atoms with Crippen LogP contribution in [0.25, 0.3) is 0 Å². The third-order valence-electron chi connectivity index (χ3n) is 8.47. The van der Waals surface area contributed by atoms with E-state index in [4.69, 9.17) is 18.9 Å². The van der Waals surface area contributed by atoms with E-state index < -0.39 is 16.4 Å². The van der Waals surface area contributed by atoms with Gasteiger partial charge in [0.15, 0.2) is 0 Å². The summed E-state index contributed by atoms with van der Waals surface area (Å²) in [5, 5.41) is 0. The van der Waals surface area contributed by atoms with Crippen molar-refractivity contribution in [1.82, 2.24) is 0 Å². The Bertz CT molecular complexity index is 1620. The van der Waals surface area contributed by atoms with Gasteiger partial charge in [-0.3, -0.25) is 9.59 Å². The van der Waals surface area contributed by atoms with Gasteiger partial charge in [-0.2, -0.15) is 0 Å². The molecule has 49 heavy (non-hydrogen) atoms. The molecule has 0 amide bonds. The van der Waals surface area contributed by atoms with Crippen molar-refractivity contribution in [3.8, 4) is 17.2 Å². The van der Waals surface area contributed by atoms with Crippen molar-refractivity contribution in [1.29, 1.82) is 0 Å². The van der Waals surface area contributed by atoms with Crippen LogP contribution < -0.4 is 14.2 Å². The molecule has 0 saturated heterocycles. The highest BCUT2D eigenvalue weighted by atomic mass is 79.9. The summed E-state index contributed by atoms with van der Waals surface area (Å²) >= 11 is 10.8. The number of carbonyl (C=O) groups is 2. The number of halogens is 3. The van der Waals surface area contributed by atoms with E-state index >= 15 is 0 Å². The van der Waals surface area contributed by atoms with Crippen LogP contribution >= 0.6 is 47.8 Å². The highest BCUT2D eigenvalue weighted by Crippen LogP contribution is 2.38. The maximum atomic E-state index is 13.5. The molecule has 0 fully saturated rings. The van der Waals surface area contributed by atoms with Crippen molar-refractivity contribution in [2.45, 2.75) is 113 Å². The third-order valence-corrected chi connectivity index (χ3v) is 10.3. The molecule has 6 nitrogen and oxygen atoms in total. The lowest BCUT2D eigenvalue weighted by atomic mass is 9.77. The van der Waals surface area contributed by atoms with Gasteiger partial charge in [0.25, 0.3) is 0 Å². The number of rotatable bonds is 14. The number of unbranched alkanes of at least 4 members (excludes halogenated alkanes) is 1. The Kier molecular flexibility index (Phi) is 14.2. The van der Waals surface area contributed by atoms with E-state index in [0.29, 0.717) is 29.0 Å². The second-order valence-electron chi connectivity index (χ2n) is 15.5. The molecule has 3 aromatic rings. The fraction of sp³-hybridized carbons (Fsp3) is 0.500. The van der Waals surface area contributed by atoms with Crippen LogP contribution in [0.1, 0.15) is 98.8 Å². The number of benzene rings is 3. The summed E-state index contributed by atoms with van der Waals surface area (Å²) in [6.45, 7) is 19.5. The van der Waals surface area contributed by atoms with E-state index in [-0.39, 0.29) is 17.5 Å². The molecular formula is C40H51Br3O6. The summed E-state index contributed by atoms with van der Waals surface area (Å²) in [6, 6.07) is 17.8. The van der Waals surface area contributed by atoms with Gasteiger partial charge in [0.05, 0.1) is 36.5 Å². The van der Waals surface area contributed by atoms with Gasteiger partial charge in [-0.25, -0.2) is 0 Å². The lowest BCUT2D eigenvalue weighted by Crippen LogP contribution is -2.49. The first-order valence-electron chi connectivity index (χ1n) is 16.7. The zero-order valence-electron chi connectivity index (χ0n) is 30.5. The fourth-order valence-corrected chi connectivity index (χ4v) is 6.19. The van der Waals surface area contributed by atoms with Gasteiger partial charge in [-0.15, -0.1) is 0 Å². The predicted molar refractivity (Wildman–Crippen MR) is 208 cm³/mol. The Labute approximate surface area is 318 Å². The molecule has 0 aliphatic rings. The Morgan fingerprint density at radius 2 is 0.980 bits per heavy atom. The summed E-state index contributed by atoms with van der Waals surface area (Å²) in [5.74, 6) is 1.15. The van der Waals surface area contributed by atoms with Gasteiger partial charge in [0, 0.05) is 0 Å². The largest absolute Gasteiger partial charge is 0.487 e. The molecule has 0 bridgehead atoms. The van der Waals surface area contributed by atoms with Crippen LogP contribution in [0.5, 0.6) is 17.2 Å². The zero-order chi connectivity index (χ0) is 36.8. The van der Waals surface area contributed by atoms with Crippen LogP contribution in [0, 0.1) is 10.8 Å². The molecule has 9 heteroatoms. The smallest absolute Gasteiger partial charge is 0.319 e. The van der Waals surface area contributed by atoms with Crippen LogP contribution in [0.3, 0.4) is 0 Å². The molecule has 0 saturated carbocycles. The maximum absolute atomic E-state index is 13.5. The Hall–Kier alpha value is -2.20. The number of aryl methyl sites for hydroxylation is 2. The van der Waals surface area contributed by atoms with E-state index in [2.05, 4.69) is 59.9 Å². The third kappa shape index (κ3) is 12.2. The zero-order valence-corrected chi connectivity index (χ0v) is 35.3. The van der Waals surface area contributed by atoms with Gasteiger partial charge < -0.3 is 18.9 Å². The van der Waals surface area contributed by atoms with Crippen molar-refractivity contribution in [3.05, 3.63) is 84.7 Å². The average Bonchev–Trinajstić information content (AvgIpc) is 2.98. The van der Waals surface area contributed by atoms with E-state index in [0.717, 1.165) is 45.9 Å². The van der Waals surface area contributed by atoms with Gasteiger partial charge in [-0.05, 0) is 202 Å². The maximum Gasteiger partial charge on any atom is 0.319 e. The van der Waals surface area contributed by atoms with E-state index in [1.54, 1.807) is 6.07 Å². The van der Waals surface area contributed by atoms with E-state index in [9.17, 15) is 9.59 Å². The first-order valence-corrected chi connectivity index (χ1v) is 19.1. The second-order valence-corrected chi connectivity index (χ2v) is 18.0. The Morgan fingerprint density at radius 3 is 1.39 bits per heavy atom. The van der Waals surface area contributed by atoms with Crippen LogP contribution in [0.2, 0.25) is 0 Å². The van der Waals surface area contributed by atoms with Crippen molar-refractivity contribution < 1.29 is 28.5 Å². The molecular weight excluding hydrogens is 816 g/mol. The highest BCUT2D eigenvalue weighted by molar-refractivity contribution is 9.11. The monoisotopic (exact) mass is 864 g/mol. The first kappa shape index (κ1) is 41.2. The summed E-state index contributed by atoms with van der Waals surface area (Å²) in [5.41, 5.74) is 0.866. The van der Waals surface area contributed by atoms with Gasteiger partial charge in [0.1, 0.15) is 22.8 Å². The molecule has 0 spiro atoms. The molecule has 0 heterocycles. The Morgan fingerprint density at radius 1 is 0.571 bits per heavy atom. The first-order chi connectivity index (χ1) is 22.6. The summed E-state index contributed by atoms with van der Waals surface area (Å²) in [7, 11) is 0. The highest BCUT2D eigenvalue weighted by Gasteiger charge is 2.46. The minimum Gasteiger partial charge on any atom is -0.487 e. The van der Waals surface area contributed by atoms with E-state index in [1.807, 2.05) is 106 Å². The fourth-order valence-electron chi connectivity index (χ4n) is 4.67. The quantitative estimate of drug-likeness (QED) is 0.0913. The second kappa shape index (κ2) is 16.9. The minimum atomic E-state index is -0.942. The molecule has 0 aliphatic carbocycles. The molecule has 0 N–H and O–H groups in total. The van der Waals surface area contributed by atoms with Crippen molar-refractivity contribution in [3.63, 3.8) is 0 Å². The van der Waals surface area contributed by atoms with Crippen molar-refractivity contribution in [2.24, 2.45) is 10.8 Å². The van der Waals surface area contributed by atoms with Gasteiger partial charge >= 0.3 is 11.9 Å². The number of hydrogen-bond acceptors (Lipinski definition) is 6. The summed E-state index contributed by atoms with van der Waals surface area (Å²) in [6.07, 6.45) is 4.61. The topological polar surface area (TPSA) is 71.1 Å². The summed E-state index contributed by atoms with van der Waals surface area (Å²) in [4.78, 5) is 25.7. The molecule has 0 atom stereocenters. The van der Waals surface area contributed by atoms with Crippen LogP contribution in [0.4, 0.5) is 0 Å². The van der Waals surface area contributed by atoms with Crippen LogP contribution in [-0.4, -0.2) is 29.7 Å².